The van der Waals surface area contributed by atoms with E-state index in [1.54, 1.807) is 19.4 Å². The maximum Gasteiger partial charge on any atom is 0.341 e. The normalized spacial score (nSPS) is 10.6. The molecule has 0 unspecified atom stereocenters. The largest absolute Gasteiger partial charge is 0.497 e. The molecule has 2 aromatic carbocycles. The molecule has 7 heteroatoms. The monoisotopic (exact) mass is 441 g/mol. The Balaban J connectivity index is 2.22. The van der Waals surface area contributed by atoms with Gasteiger partial charge < -0.3 is 19.3 Å². The second-order valence-corrected chi connectivity index (χ2v) is 5.83. The molecule has 0 bridgehead atoms. The molecule has 0 aliphatic rings. The molecule has 1 N–H and O–H groups in total. The first kappa shape index (κ1) is 18.1. The van der Waals surface area contributed by atoms with Crippen molar-refractivity contribution in [3.05, 3.63) is 45.5 Å². The van der Waals surface area contributed by atoms with Crippen molar-refractivity contribution in [3.8, 4) is 17.2 Å². The predicted molar refractivity (Wildman–Crippen MR) is 99.1 cm³/mol. The highest BCUT2D eigenvalue weighted by atomic mass is 127. The van der Waals surface area contributed by atoms with Gasteiger partial charge in [0.2, 0.25) is 0 Å². The summed E-state index contributed by atoms with van der Waals surface area (Å²) >= 11 is 2.07. The van der Waals surface area contributed by atoms with Crippen molar-refractivity contribution in [2.45, 2.75) is 0 Å². The van der Waals surface area contributed by atoms with Crippen molar-refractivity contribution in [1.29, 1.82) is 0 Å². The predicted octanol–water partition coefficient (Wildman–Crippen LogP) is 3.52. The van der Waals surface area contributed by atoms with E-state index in [1.165, 1.54) is 7.11 Å². The van der Waals surface area contributed by atoms with Crippen LogP contribution in [0.3, 0.4) is 0 Å². The molecule has 0 heterocycles. The van der Waals surface area contributed by atoms with Crippen LogP contribution in [-0.2, 0) is 4.79 Å². The highest BCUT2D eigenvalue weighted by Gasteiger charge is 2.12. The third-order valence-corrected chi connectivity index (χ3v) is 3.83. The number of ether oxygens (including phenoxy) is 3. The van der Waals surface area contributed by atoms with Crippen molar-refractivity contribution in [1.82, 2.24) is 0 Å². The van der Waals surface area contributed by atoms with Crippen LogP contribution in [0.1, 0.15) is 5.56 Å². The van der Waals surface area contributed by atoms with Gasteiger partial charge in [-0.1, -0.05) is 0 Å². The molecule has 0 spiro atoms. The van der Waals surface area contributed by atoms with Crippen LogP contribution in [0.15, 0.2) is 41.4 Å². The lowest BCUT2D eigenvalue weighted by atomic mass is 10.2. The smallest absolute Gasteiger partial charge is 0.341 e. The van der Waals surface area contributed by atoms with Crippen LogP contribution >= 0.6 is 22.6 Å². The molecule has 2 rings (SSSR count). The zero-order valence-corrected chi connectivity index (χ0v) is 15.3. The summed E-state index contributed by atoms with van der Waals surface area (Å²) in [5, 5.41) is 8.73. The van der Waals surface area contributed by atoms with E-state index in [-0.39, 0.29) is 0 Å². The molecule has 0 saturated heterocycles. The molecule has 0 amide bonds. The lowest BCUT2D eigenvalue weighted by Crippen LogP contribution is -2.11. The number of methoxy groups -OCH3 is 2. The summed E-state index contributed by atoms with van der Waals surface area (Å²) in [7, 11) is 3.11. The lowest BCUT2D eigenvalue weighted by Gasteiger charge is -2.12. The summed E-state index contributed by atoms with van der Waals surface area (Å²) < 4.78 is 16.4. The number of benzene rings is 2. The summed E-state index contributed by atoms with van der Waals surface area (Å²) in [5.74, 6) is 0.588. The Bertz CT molecular complexity index is 743. The third-order valence-electron chi connectivity index (χ3n) is 3.03. The topological polar surface area (TPSA) is 77.4 Å². The Kier molecular flexibility index (Phi) is 6.42. The van der Waals surface area contributed by atoms with Gasteiger partial charge in [-0.3, -0.25) is 4.99 Å². The van der Waals surface area contributed by atoms with E-state index in [0.29, 0.717) is 11.5 Å². The van der Waals surface area contributed by atoms with Crippen molar-refractivity contribution in [3.63, 3.8) is 0 Å². The summed E-state index contributed by atoms with van der Waals surface area (Å²) in [5.41, 5.74) is 1.60. The first-order chi connectivity index (χ1) is 11.5. The SMILES string of the molecule is COc1ccc(N=Cc2cc(I)c(OCC(=O)O)c(OC)c2)cc1. The lowest BCUT2D eigenvalue weighted by molar-refractivity contribution is -0.139. The quantitative estimate of drug-likeness (QED) is 0.526. The van der Waals surface area contributed by atoms with Gasteiger partial charge in [0.05, 0.1) is 23.5 Å². The van der Waals surface area contributed by atoms with E-state index in [4.69, 9.17) is 19.3 Å². The van der Waals surface area contributed by atoms with Gasteiger partial charge in [-0.25, -0.2) is 4.79 Å². The Labute approximate surface area is 153 Å². The minimum absolute atomic E-state index is 0.405. The van der Waals surface area contributed by atoms with Gasteiger partial charge in [-0.05, 0) is 64.6 Å². The van der Waals surface area contributed by atoms with Crippen molar-refractivity contribution >= 4 is 40.5 Å². The van der Waals surface area contributed by atoms with E-state index in [1.807, 2.05) is 30.3 Å². The number of hydrogen-bond acceptors (Lipinski definition) is 5. The summed E-state index contributed by atoms with van der Waals surface area (Å²) in [4.78, 5) is 15.1. The van der Waals surface area contributed by atoms with Gasteiger partial charge in [0.1, 0.15) is 5.75 Å². The average molecular weight is 441 g/mol. The minimum atomic E-state index is -1.04. The van der Waals surface area contributed by atoms with Crippen LogP contribution in [0.2, 0.25) is 0 Å². The number of carboxylic acids is 1. The molecule has 0 atom stereocenters. The number of aliphatic carboxylic acids is 1. The van der Waals surface area contributed by atoms with E-state index in [9.17, 15) is 4.79 Å². The van der Waals surface area contributed by atoms with E-state index >= 15 is 0 Å². The first-order valence-electron chi connectivity index (χ1n) is 6.93. The maximum atomic E-state index is 10.7. The summed E-state index contributed by atoms with van der Waals surface area (Å²) in [6.45, 7) is -0.425. The second-order valence-electron chi connectivity index (χ2n) is 4.67. The number of carbonyl (C=O) groups is 1. The molecule has 6 nitrogen and oxygen atoms in total. The van der Waals surface area contributed by atoms with Gasteiger partial charge >= 0.3 is 5.97 Å². The van der Waals surface area contributed by atoms with Crippen LogP contribution in [0.25, 0.3) is 0 Å². The molecule has 2 aromatic rings. The zero-order chi connectivity index (χ0) is 17.5. The number of halogens is 1. The summed E-state index contributed by atoms with van der Waals surface area (Å²) in [6, 6.07) is 10.9. The standard InChI is InChI=1S/C17H16INO5/c1-22-13-5-3-12(4-6-13)19-9-11-7-14(18)17(15(8-11)23-2)24-10-16(20)21/h3-9H,10H2,1-2H3,(H,20,21). The average Bonchev–Trinajstić information content (AvgIpc) is 2.58. The second kappa shape index (κ2) is 8.53. The number of aliphatic imine (C=N–C) groups is 1. The van der Waals surface area contributed by atoms with Crippen molar-refractivity contribution in [2.75, 3.05) is 20.8 Å². The highest BCUT2D eigenvalue weighted by Crippen LogP contribution is 2.33. The van der Waals surface area contributed by atoms with E-state index < -0.39 is 12.6 Å². The molecule has 0 aliphatic heterocycles. The Morgan fingerprint density at radius 3 is 2.50 bits per heavy atom. The van der Waals surface area contributed by atoms with Gasteiger partial charge in [-0.2, -0.15) is 0 Å². The molecule has 0 radical (unpaired) electrons. The molecule has 0 aromatic heterocycles. The van der Waals surface area contributed by atoms with Crippen molar-refractivity contribution in [2.24, 2.45) is 4.99 Å². The molecule has 126 valence electrons. The Hall–Kier alpha value is -2.29. The van der Waals surface area contributed by atoms with Gasteiger partial charge in [0.25, 0.3) is 0 Å². The minimum Gasteiger partial charge on any atom is -0.497 e. The zero-order valence-electron chi connectivity index (χ0n) is 13.2. The highest BCUT2D eigenvalue weighted by molar-refractivity contribution is 14.1. The summed E-state index contributed by atoms with van der Waals surface area (Å²) in [6.07, 6.45) is 1.70. The van der Waals surface area contributed by atoms with Crippen LogP contribution in [-0.4, -0.2) is 38.1 Å². The molecule has 0 fully saturated rings. The van der Waals surface area contributed by atoms with Crippen LogP contribution in [0.4, 0.5) is 5.69 Å². The fraction of sp³-hybridized carbons (Fsp3) is 0.176. The third kappa shape index (κ3) is 4.85. The first-order valence-corrected chi connectivity index (χ1v) is 8.01. The fourth-order valence-electron chi connectivity index (χ4n) is 1.91. The van der Waals surface area contributed by atoms with Crippen LogP contribution in [0.5, 0.6) is 17.2 Å². The van der Waals surface area contributed by atoms with E-state index in [0.717, 1.165) is 20.6 Å². The van der Waals surface area contributed by atoms with Crippen molar-refractivity contribution < 1.29 is 24.1 Å². The molecule has 0 aliphatic carbocycles. The molecule has 24 heavy (non-hydrogen) atoms. The molecular weight excluding hydrogens is 425 g/mol. The number of rotatable bonds is 7. The van der Waals surface area contributed by atoms with Crippen LogP contribution < -0.4 is 14.2 Å². The maximum absolute atomic E-state index is 10.7. The fourth-order valence-corrected chi connectivity index (χ4v) is 2.69. The van der Waals surface area contributed by atoms with Gasteiger partial charge in [0.15, 0.2) is 18.1 Å². The Morgan fingerprint density at radius 2 is 1.92 bits per heavy atom. The van der Waals surface area contributed by atoms with E-state index in [2.05, 4.69) is 27.6 Å². The van der Waals surface area contributed by atoms with Gasteiger partial charge in [-0.15, -0.1) is 0 Å². The number of nitrogens with zero attached hydrogens (tertiary/aromatic N) is 1. The molecule has 0 saturated carbocycles. The Morgan fingerprint density at radius 1 is 1.21 bits per heavy atom. The van der Waals surface area contributed by atoms with Crippen LogP contribution in [0, 0.1) is 3.57 Å². The number of carboxylic acid groups (broad SMARTS) is 1. The molecular formula is C17H16INO5. The number of hydrogen-bond donors (Lipinski definition) is 1. The van der Waals surface area contributed by atoms with Gasteiger partial charge in [0, 0.05) is 6.21 Å².